The Bertz CT molecular complexity index is 779. The number of nitrogens with zero attached hydrogens (tertiary/aromatic N) is 1. The molecule has 0 aliphatic heterocycles. The van der Waals surface area contributed by atoms with Crippen molar-refractivity contribution in [1.29, 1.82) is 0 Å². The molecular weight excluding hydrogens is 320 g/mol. The summed E-state index contributed by atoms with van der Waals surface area (Å²) in [5.41, 5.74) is 1.40. The van der Waals surface area contributed by atoms with Crippen LogP contribution in [0.4, 0.5) is 0 Å². The Morgan fingerprint density at radius 2 is 2.09 bits per heavy atom. The second-order valence-electron chi connectivity index (χ2n) is 5.68. The predicted octanol–water partition coefficient (Wildman–Crippen LogP) is 2.41. The van der Waals surface area contributed by atoms with Crippen molar-refractivity contribution in [1.82, 2.24) is 10.3 Å². The van der Waals surface area contributed by atoms with Crippen molar-refractivity contribution < 1.29 is 13.2 Å². The molecule has 0 spiro atoms. The van der Waals surface area contributed by atoms with Crippen molar-refractivity contribution in [2.45, 2.75) is 20.8 Å². The summed E-state index contributed by atoms with van der Waals surface area (Å²) in [6.07, 6.45) is 0. The second kappa shape index (κ2) is 6.75. The molecule has 0 fully saturated rings. The van der Waals surface area contributed by atoms with E-state index >= 15 is 0 Å². The molecule has 7 heteroatoms. The van der Waals surface area contributed by atoms with Gasteiger partial charge in [-0.2, -0.15) is 0 Å². The second-order valence-corrected chi connectivity index (χ2v) is 9.14. The lowest BCUT2D eigenvalue weighted by Crippen LogP contribution is -2.30. The quantitative estimate of drug-likeness (QED) is 0.876. The van der Waals surface area contributed by atoms with Gasteiger partial charge in [-0.05, 0) is 31.0 Å². The summed E-state index contributed by atoms with van der Waals surface area (Å²) in [5, 5.41) is 3.62. The smallest absolute Gasteiger partial charge is 0.251 e. The lowest BCUT2D eigenvalue weighted by molar-refractivity contribution is 0.0956. The van der Waals surface area contributed by atoms with Crippen LogP contribution in [0.5, 0.6) is 0 Å². The van der Waals surface area contributed by atoms with Crippen molar-refractivity contribution in [3.63, 3.8) is 0 Å². The molecule has 0 bridgehead atoms. The Labute approximate surface area is 134 Å². The van der Waals surface area contributed by atoms with Crippen LogP contribution < -0.4 is 5.32 Å². The first-order chi connectivity index (χ1) is 10.3. The van der Waals surface area contributed by atoms with Gasteiger partial charge in [-0.3, -0.25) is 4.79 Å². The fourth-order valence-corrected chi connectivity index (χ4v) is 4.66. The van der Waals surface area contributed by atoms with E-state index in [0.29, 0.717) is 5.56 Å². The summed E-state index contributed by atoms with van der Waals surface area (Å²) in [6, 6.07) is 5.31. The molecule has 1 amide bonds. The van der Waals surface area contributed by atoms with Crippen LogP contribution in [-0.4, -0.2) is 37.4 Å². The molecule has 1 aromatic carbocycles. The number of carbonyl (C=O) groups excluding carboxylic acids is 1. The third kappa shape index (κ3) is 4.51. The van der Waals surface area contributed by atoms with Crippen LogP contribution in [0.25, 0.3) is 10.2 Å². The first-order valence-electron chi connectivity index (χ1n) is 7.12. The molecule has 22 heavy (non-hydrogen) atoms. The van der Waals surface area contributed by atoms with E-state index in [0.717, 1.165) is 15.2 Å². The van der Waals surface area contributed by atoms with E-state index < -0.39 is 9.84 Å². The Balaban J connectivity index is 1.96. The molecule has 0 atom stereocenters. The van der Waals surface area contributed by atoms with Gasteiger partial charge in [0.05, 0.1) is 26.7 Å². The number of hydrogen-bond donors (Lipinski definition) is 1. The maximum Gasteiger partial charge on any atom is 0.251 e. The van der Waals surface area contributed by atoms with Crippen molar-refractivity contribution in [2.75, 3.05) is 18.1 Å². The molecule has 5 nitrogen and oxygen atoms in total. The minimum atomic E-state index is -3.11. The number of hydrogen-bond acceptors (Lipinski definition) is 5. The number of fused-ring (bicyclic) bond motifs is 1. The third-order valence-corrected chi connectivity index (χ3v) is 5.98. The molecule has 1 heterocycles. The molecule has 0 saturated carbocycles. The molecule has 0 aliphatic carbocycles. The zero-order chi connectivity index (χ0) is 16.3. The van der Waals surface area contributed by atoms with Crippen LogP contribution in [0.2, 0.25) is 0 Å². The molecule has 0 unspecified atom stereocenters. The van der Waals surface area contributed by atoms with Crippen molar-refractivity contribution in [2.24, 2.45) is 5.92 Å². The normalized spacial score (nSPS) is 12.0. The number of benzene rings is 1. The van der Waals surface area contributed by atoms with Crippen molar-refractivity contribution in [3.05, 3.63) is 28.8 Å². The van der Waals surface area contributed by atoms with E-state index in [4.69, 9.17) is 0 Å². The zero-order valence-electron chi connectivity index (χ0n) is 12.9. The number of nitrogens with one attached hydrogen (secondary N) is 1. The van der Waals surface area contributed by atoms with Gasteiger partial charge in [0, 0.05) is 12.1 Å². The Hall–Kier alpha value is -1.47. The first kappa shape index (κ1) is 16.9. The number of sulfone groups is 1. The van der Waals surface area contributed by atoms with Crippen LogP contribution in [0.1, 0.15) is 29.2 Å². The summed E-state index contributed by atoms with van der Waals surface area (Å²) < 4.78 is 24.5. The predicted molar refractivity (Wildman–Crippen MR) is 90.2 cm³/mol. The van der Waals surface area contributed by atoms with Gasteiger partial charge in [-0.1, -0.05) is 13.8 Å². The topological polar surface area (TPSA) is 76.1 Å². The van der Waals surface area contributed by atoms with Gasteiger partial charge in [0.25, 0.3) is 5.91 Å². The molecular formula is C15H20N2O3S2. The molecule has 2 aromatic rings. The van der Waals surface area contributed by atoms with Crippen LogP contribution in [0.15, 0.2) is 18.2 Å². The van der Waals surface area contributed by atoms with E-state index in [9.17, 15) is 13.2 Å². The van der Waals surface area contributed by atoms with Crippen LogP contribution in [0.3, 0.4) is 0 Å². The Morgan fingerprint density at radius 1 is 1.36 bits per heavy atom. The van der Waals surface area contributed by atoms with E-state index in [2.05, 4.69) is 10.3 Å². The maximum absolute atomic E-state index is 12.1. The molecule has 0 aliphatic rings. The first-order valence-corrected chi connectivity index (χ1v) is 9.76. The summed E-state index contributed by atoms with van der Waals surface area (Å²) in [5.74, 6) is -0.0428. The minimum absolute atomic E-state index is 0.0289. The molecule has 2 rings (SSSR count). The molecule has 120 valence electrons. The highest BCUT2D eigenvalue weighted by atomic mass is 32.2. The largest absolute Gasteiger partial charge is 0.351 e. The monoisotopic (exact) mass is 340 g/mol. The summed E-state index contributed by atoms with van der Waals surface area (Å²) in [4.78, 5) is 16.4. The van der Waals surface area contributed by atoms with E-state index in [1.165, 1.54) is 11.3 Å². The summed E-state index contributed by atoms with van der Waals surface area (Å²) in [6.45, 7) is 5.78. The number of carbonyl (C=O) groups is 1. The fraction of sp³-hybridized carbons (Fsp3) is 0.467. The highest BCUT2D eigenvalue weighted by Crippen LogP contribution is 2.22. The van der Waals surface area contributed by atoms with Gasteiger partial charge in [0.15, 0.2) is 9.84 Å². The van der Waals surface area contributed by atoms with Crippen molar-refractivity contribution in [3.8, 4) is 0 Å². The molecule has 1 aromatic heterocycles. The van der Waals surface area contributed by atoms with E-state index in [1.807, 2.05) is 26.8 Å². The Morgan fingerprint density at radius 3 is 2.77 bits per heavy atom. The molecule has 0 saturated heterocycles. The van der Waals surface area contributed by atoms with Gasteiger partial charge in [-0.15, -0.1) is 11.3 Å². The van der Waals surface area contributed by atoms with Gasteiger partial charge in [0.1, 0.15) is 0 Å². The third-order valence-electron chi connectivity index (χ3n) is 3.04. The number of aryl methyl sites for hydroxylation is 1. The Kier molecular flexibility index (Phi) is 5.18. The number of aromatic nitrogens is 1. The van der Waals surface area contributed by atoms with Crippen LogP contribution >= 0.6 is 11.3 Å². The highest BCUT2D eigenvalue weighted by molar-refractivity contribution is 7.91. The zero-order valence-corrected chi connectivity index (χ0v) is 14.6. The minimum Gasteiger partial charge on any atom is -0.351 e. The number of amides is 1. The van der Waals surface area contributed by atoms with Gasteiger partial charge < -0.3 is 5.32 Å². The average molecular weight is 340 g/mol. The summed E-state index contributed by atoms with van der Waals surface area (Å²) >= 11 is 1.53. The average Bonchev–Trinajstić information content (AvgIpc) is 2.75. The van der Waals surface area contributed by atoms with Gasteiger partial charge in [0.2, 0.25) is 0 Å². The van der Waals surface area contributed by atoms with Gasteiger partial charge in [-0.25, -0.2) is 13.4 Å². The fourth-order valence-electron chi connectivity index (χ4n) is 2.19. The summed E-state index contributed by atoms with van der Waals surface area (Å²) in [7, 11) is -3.11. The van der Waals surface area contributed by atoms with Gasteiger partial charge >= 0.3 is 0 Å². The lowest BCUT2D eigenvalue weighted by Gasteiger charge is -2.08. The van der Waals surface area contributed by atoms with Crippen molar-refractivity contribution >= 4 is 37.3 Å². The number of rotatable bonds is 6. The highest BCUT2D eigenvalue weighted by Gasteiger charge is 2.14. The number of thiazole rings is 1. The van der Waals surface area contributed by atoms with E-state index in [-0.39, 0.29) is 29.9 Å². The van der Waals surface area contributed by atoms with E-state index in [1.54, 1.807) is 12.1 Å². The molecule has 0 radical (unpaired) electrons. The maximum atomic E-state index is 12.1. The lowest BCUT2D eigenvalue weighted by atomic mass is 10.2. The molecule has 1 N–H and O–H groups in total. The van der Waals surface area contributed by atoms with Crippen LogP contribution in [-0.2, 0) is 9.84 Å². The van der Waals surface area contributed by atoms with Crippen LogP contribution in [0, 0.1) is 12.8 Å². The standard InChI is InChI=1S/C15H20N2O3S2/c1-10(2)9-22(19,20)7-6-16-15(18)12-4-5-13-14(8-12)21-11(3)17-13/h4-5,8,10H,6-7,9H2,1-3H3,(H,16,18). The SMILES string of the molecule is Cc1nc2ccc(C(=O)NCCS(=O)(=O)CC(C)C)cc2s1.